The summed E-state index contributed by atoms with van der Waals surface area (Å²) in [5.41, 5.74) is -2.34. The van der Waals surface area contributed by atoms with Gasteiger partial charge in [-0.25, -0.2) is 0 Å². The van der Waals surface area contributed by atoms with Crippen LogP contribution in [0, 0.1) is 56.2 Å². The summed E-state index contributed by atoms with van der Waals surface area (Å²) in [6.07, 6.45) is 4.95. The lowest BCUT2D eigenvalue weighted by Crippen LogP contribution is -2.59. The van der Waals surface area contributed by atoms with Gasteiger partial charge in [0.2, 0.25) is 17.1 Å². The number of rotatable bonds is 10. The fourth-order valence-electron chi connectivity index (χ4n) is 5.67. The lowest BCUT2D eigenvalue weighted by Gasteiger charge is -2.48. The molecule has 7 nitrogen and oxygen atoms in total. The Morgan fingerprint density at radius 2 is 1.59 bits per heavy atom. The zero-order chi connectivity index (χ0) is 26.5. The van der Waals surface area contributed by atoms with E-state index in [2.05, 4.69) is 25.1 Å². The van der Waals surface area contributed by atoms with Gasteiger partial charge in [-0.1, -0.05) is 75.1 Å². The van der Waals surface area contributed by atoms with Crippen LogP contribution < -0.4 is 4.74 Å². The molecule has 4 unspecified atom stereocenters. The highest BCUT2D eigenvalue weighted by atomic mass is 16.7. The molecule has 0 radical (unpaired) electrons. The van der Waals surface area contributed by atoms with E-state index in [1.807, 2.05) is 30.3 Å². The van der Waals surface area contributed by atoms with Crippen molar-refractivity contribution < 1.29 is 14.2 Å². The molecule has 2 saturated heterocycles. The summed E-state index contributed by atoms with van der Waals surface area (Å²) in [4.78, 5) is 0. The van der Waals surface area contributed by atoms with Crippen LogP contribution in [0.5, 0.6) is 5.75 Å². The number of nitriles is 3. The molecule has 7 heteroatoms. The van der Waals surface area contributed by atoms with Gasteiger partial charge in [0.25, 0.3) is 0 Å². The first kappa shape index (κ1) is 26.2. The molecule has 0 aromatic heterocycles. The predicted molar refractivity (Wildman–Crippen MR) is 137 cm³/mol. The minimum atomic E-state index is -1.99. The zero-order valence-corrected chi connectivity index (χ0v) is 21.4. The van der Waals surface area contributed by atoms with Crippen molar-refractivity contribution in [3.05, 3.63) is 65.7 Å². The van der Waals surface area contributed by atoms with Crippen molar-refractivity contribution in [3.63, 3.8) is 0 Å². The molecule has 1 N–H and O–H groups in total. The number of unbranched alkanes of at least 4 members (excludes halogenated alkanes) is 4. The third kappa shape index (κ3) is 4.33. The van der Waals surface area contributed by atoms with Gasteiger partial charge in [0.05, 0.1) is 30.7 Å². The molecule has 4 rings (SSSR count). The Labute approximate surface area is 218 Å². The largest absolute Gasteiger partial charge is 0.494 e. The van der Waals surface area contributed by atoms with Crippen LogP contribution in [0.25, 0.3) is 0 Å². The third-order valence-electron chi connectivity index (χ3n) is 7.70. The van der Waals surface area contributed by atoms with Crippen LogP contribution >= 0.6 is 0 Å². The smallest absolute Gasteiger partial charge is 0.215 e. The minimum Gasteiger partial charge on any atom is -0.494 e. The minimum absolute atomic E-state index is 0.316. The van der Waals surface area contributed by atoms with E-state index in [9.17, 15) is 15.8 Å². The maximum absolute atomic E-state index is 10.5. The Morgan fingerprint density at radius 3 is 2.22 bits per heavy atom. The van der Waals surface area contributed by atoms with Crippen LogP contribution in [0.15, 0.2) is 54.6 Å². The maximum Gasteiger partial charge on any atom is 0.215 e. The summed E-state index contributed by atoms with van der Waals surface area (Å²) in [6, 6.07) is 23.0. The molecule has 2 aliphatic heterocycles. The molecule has 190 valence electrons. The van der Waals surface area contributed by atoms with Gasteiger partial charge >= 0.3 is 0 Å². The van der Waals surface area contributed by atoms with E-state index in [-0.39, 0.29) is 0 Å². The number of hydrogen-bond acceptors (Lipinski definition) is 7. The van der Waals surface area contributed by atoms with Gasteiger partial charge in [0, 0.05) is 6.92 Å². The summed E-state index contributed by atoms with van der Waals surface area (Å²) in [5.74, 6) is -1.81. The summed E-state index contributed by atoms with van der Waals surface area (Å²) in [5, 5.41) is 40.1. The summed E-state index contributed by atoms with van der Waals surface area (Å²) >= 11 is 0. The predicted octanol–water partition coefficient (Wildman–Crippen LogP) is 6.23. The van der Waals surface area contributed by atoms with Crippen molar-refractivity contribution in [1.82, 2.24) is 0 Å². The van der Waals surface area contributed by atoms with E-state index in [1.165, 1.54) is 19.3 Å². The zero-order valence-electron chi connectivity index (χ0n) is 21.4. The molecule has 2 aromatic carbocycles. The first-order valence-electron chi connectivity index (χ1n) is 12.9. The molecule has 2 aromatic rings. The number of nitrogens with zero attached hydrogens (tertiary/aromatic N) is 3. The number of benzene rings is 2. The van der Waals surface area contributed by atoms with Crippen molar-refractivity contribution >= 4 is 5.90 Å². The number of hydrogen-bond donors (Lipinski definition) is 1. The fraction of sp³-hybridized carbons (Fsp3) is 0.467. The highest BCUT2D eigenvalue weighted by Crippen LogP contribution is 2.67. The summed E-state index contributed by atoms with van der Waals surface area (Å²) in [6.45, 7) is 4.49. The quantitative estimate of drug-likeness (QED) is 0.389. The third-order valence-corrected chi connectivity index (χ3v) is 7.70. The number of nitrogens with one attached hydrogen (secondary N) is 1. The lowest BCUT2D eigenvalue weighted by atomic mass is 9.52. The Morgan fingerprint density at radius 1 is 0.919 bits per heavy atom. The highest BCUT2D eigenvalue weighted by Gasteiger charge is 2.79. The Kier molecular flexibility index (Phi) is 7.53. The van der Waals surface area contributed by atoms with Crippen molar-refractivity contribution in [2.45, 2.75) is 64.3 Å². The van der Waals surface area contributed by atoms with Gasteiger partial charge < -0.3 is 14.2 Å². The Hall–Kier alpha value is -3.86. The van der Waals surface area contributed by atoms with Crippen molar-refractivity contribution in [1.29, 1.82) is 21.2 Å². The van der Waals surface area contributed by atoms with Gasteiger partial charge in [-0.2, -0.15) is 15.8 Å². The molecule has 2 fully saturated rings. The van der Waals surface area contributed by atoms with Crippen LogP contribution in [-0.2, 0) is 15.9 Å². The van der Waals surface area contributed by atoms with Crippen molar-refractivity contribution in [2.24, 2.45) is 16.7 Å². The SMILES string of the molecule is CCCCCCCOc1ccc(C2OC3(C)OC(=N)C(C#N)(C3Cc3ccccc3)C2(C#N)C#N)cc1. The van der Waals surface area contributed by atoms with Crippen LogP contribution in [0.2, 0.25) is 0 Å². The van der Waals surface area contributed by atoms with Crippen molar-refractivity contribution in [3.8, 4) is 24.0 Å². The molecular weight excluding hydrogens is 464 g/mol. The van der Waals surface area contributed by atoms with E-state index >= 15 is 0 Å². The van der Waals surface area contributed by atoms with E-state index < -0.39 is 34.5 Å². The maximum atomic E-state index is 10.5. The van der Waals surface area contributed by atoms with E-state index in [1.54, 1.807) is 31.2 Å². The van der Waals surface area contributed by atoms with Crippen molar-refractivity contribution in [2.75, 3.05) is 6.61 Å². The van der Waals surface area contributed by atoms with Gasteiger partial charge in [0.15, 0.2) is 5.41 Å². The number of ether oxygens (including phenoxy) is 3. The van der Waals surface area contributed by atoms with Crippen LogP contribution in [0.3, 0.4) is 0 Å². The lowest BCUT2D eigenvalue weighted by molar-refractivity contribution is -0.272. The molecular formula is C30H32N4O3. The van der Waals surface area contributed by atoms with Gasteiger partial charge in [-0.3, -0.25) is 5.41 Å². The average molecular weight is 497 g/mol. The molecule has 0 aliphatic carbocycles. The molecule has 0 amide bonds. The van der Waals surface area contributed by atoms with Crippen LogP contribution in [0.4, 0.5) is 0 Å². The molecule has 2 bridgehead atoms. The monoisotopic (exact) mass is 496 g/mol. The Bertz CT molecular complexity index is 1230. The second-order valence-corrected chi connectivity index (χ2v) is 9.97. The van der Waals surface area contributed by atoms with Gasteiger partial charge in [-0.15, -0.1) is 0 Å². The van der Waals surface area contributed by atoms with E-state index in [0.717, 1.165) is 18.4 Å². The van der Waals surface area contributed by atoms with Gasteiger partial charge in [0.1, 0.15) is 11.9 Å². The van der Waals surface area contributed by atoms with E-state index in [0.29, 0.717) is 24.3 Å². The highest BCUT2D eigenvalue weighted by molar-refractivity contribution is 5.89. The molecule has 37 heavy (non-hydrogen) atoms. The average Bonchev–Trinajstić information content (AvgIpc) is 3.08. The molecule has 4 atom stereocenters. The fourth-order valence-corrected chi connectivity index (χ4v) is 5.67. The Balaban J connectivity index is 1.65. The molecule has 2 aliphatic rings. The molecule has 0 saturated carbocycles. The van der Waals surface area contributed by atoms with Crippen LogP contribution in [0.1, 0.15) is 63.2 Å². The summed E-state index contributed by atoms with van der Waals surface area (Å²) in [7, 11) is 0. The second kappa shape index (κ2) is 10.6. The normalized spacial score (nSPS) is 27.4. The number of fused-ring (bicyclic) bond motifs is 2. The first-order chi connectivity index (χ1) is 17.9. The first-order valence-corrected chi connectivity index (χ1v) is 12.9. The van der Waals surface area contributed by atoms with Crippen LogP contribution in [-0.4, -0.2) is 18.3 Å². The second-order valence-electron chi connectivity index (χ2n) is 9.97. The van der Waals surface area contributed by atoms with E-state index in [4.69, 9.17) is 19.6 Å². The van der Waals surface area contributed by atoms with Gasteiger partial charge in [-0.05, 0) is 36.1 Å². The standard InChI is InChI=1S/C30H32N4O3/c1-3-4-5-6-10-17-35-24-15-13-23(14-16-24)26-29(19-31,20-32)30(21-33)25(18-22-11-8-7-9-12-22)28(2,36-26)37-27(30)34/h7-9,11-16,25-26,34H,3-6,10,17-18H2,1-2H3. The molecule has 2 heterocycles. The summed E-state index contributed by atoms with van der Waals surface area (Å²) < 4.78 is 18.2. The molecule has 0 spiro atoms. The topological polar surface area (TPSA) is 123 Å².